The maximum absolute atomic E-state index is 13.3. The van der Waals surface area contributed by atoms with Crippen molar-refractivity contribution in [1.82, 2.24) is 14.8 Å². The molecule has 1 amide bonds. The van der Waals surface area contributed by atoms with E-state index in [4.69, 9.17) is 14.8 Å². The maximum Gasteiger partial charge on any atom is 0.226 e. The van der Waals surface area contributed by atoms with Crippen LogP contribution >= 0.6 is 11.3 Å². The van der Waals surface area contributed by atoms with Gasteiger partial charge < -0.3 is 10.1 Å². The summed E-state index contributed by atoms with van der Waals surface area (Å²) in [5.74, 6) is 0.755. The Bertz CT molecular complexity index is 1520. The molecule has 0 unspecified atom stereocenters. The number of rotatable bonds is 5. The van der Waals surface area contributed by atoms with Crippen LogP contribution in [-0.2, 0) is 11.4 Å². The molecule has 0 fully saturated rings. The van der Waals surface area contributed by atoms with Gasteiger partial charge in [-0.1, -0.05) is 53.8 Å². The fraction of sp³-hybridized carbons (Fsp3) is 0.148. The minimum absolute atomic E-state index is 0.0851. The smallest absolute Gasteiger partial charge is 0.226 e. The molecule has 2 aromatic heterocycles. The standard InChI is InChI=1S/C27H21FN4O2S/c1-16-25-20(19-6-2-4-8-22(19)34-15-17-10-12-18(28)13-11-17)14-24(33)30-26(25)32(31-16)27-29-21-7-3-5-9-23(21)35-27/h2-13,20H,14-15H2,1H3,(H,30,33)/t20-/m1/s1. The first-order valence-corrected chi connectivity index (χ1v) is 12.1. The number of ether oxygens (including phenoxy) is 1. The third-order valence-corrected chi connectivity index (χ3v) is 7.18. The third kappa shape index (κ3) is 3.95. The number of amides is 1. The van der Waals surface area contributed by atoms with Gasteiger partial charge in [-0.3, -0.25) is 4.79 Å². The number of aryl methyl sites for hydroxylation is 1. The molecule has 1 N–H and O–H groups in total. The number of anilines is 1. The number of nitrogens with zero attached hydrogens (tertiary/aromatic N) is 3. The molecule has 0 aliphatic carbocycles. The highest BCUT2D eigenvalue weighted by Gasteiger charge is 2.34. The lowest BCUT2D eigenvalue weighted by Crippen LogP contribution is -2.25. The first-order chi connectivity index (χ1) is 17.1. The van der Waals surface area contributed by atoms with Gasteiger partial charge >= 0.3 is 0 Å². The SMILES string of the molecule is Cc1nn(-c2nc3ccccc3s2)c2c1[C@@H](c1ccccc1OCc1ccc(F)cc1)CC(=O)N2. The minimum Gasteiger partial charge on any atom is -0.489 e. The molecular weight excluding hydrogens is 463 g/mol. The van der Waals surface area contributed by atoms with Crippen LogP contribution in [0.15, 0.2) is 72.8 Å². The Morgan fingerprint density at radius 1 is 1.09 bits per heavy atom. The van der Waals surface area contributed by atoms with E-state index in [1.807, 2.05) is 55.5 Å². The zero-order chi connectivity index (χ0) is 23.9. The largest absolute Gasteiger partial charge is 0.489 e. The average molecular weight is 485 g/mol. The van der Waals surface area contributed by atoms with Crippen LogP contribution in [0.4, 0.5) is 10.2 Å². The molecular formula is C27H21FN4O2S. The van der Waals surface area contributed by atoms with Gasteiger partial charge in [0, 0.05) is 23.5 Å². The van der Waals surface area contributed by atoms with Crippen molar-refractivity contribution in [1.29, 1.82) is 0 Å². The number of hydrogen-bond acceptors (Lipinski definition) is 5. The topological polar surface area (TPSA) is 69.0 Å². The molecule has 0 radical (unpaired) electrons. The van der Waals surface area contributed by atoms with E-state index in [0.717, 1.165) is 32.6 Å². The molecule has 3 heterocycles. The molecule has 0 spiro atoms. The number of nitrogens with one attached hydrogen (secondary N) is 1. The summed E-state index contributed by atoms with van der Waals surface area (Å²) in [5, 5.41) is 8.51. The second kappa shape index (κ2) is 8.63. The second-order valence-corrected chi connectivity index (χ2v) is 9.49. The third-order valence-electron chi connectivity index (χ3n) is 6.17. The molecule has 35 heavy (non-hydrogen) atoms. The van der Waals surface area contributed by atoms with Gasteiger partial charge in [0.1, 0.15) is 24.0 Å². The number of carbonyl (C=O) groups excluding carboxylic acids is 1. The molecule has 174 valence electrons. The van der Waals surface area contributed by atoms with Crippen LogP contribution in [0.2, 0.25) is 0 Å². The molecule has 6 rings (SSSR count). The first kappa shape index (κ1) is 21.5. The molecule has 3 aromatic carbocycles. The van der Waals surface area contributed by atoms with Gasteiger partial charge in [-0.05, 0) is 42.8 Å². The molecule has 6 nitrogen and oxygen atoms in total. The van der Waals surface area contributed by atoms with Crippen molar-refractivity contribution < 1.29 is 13.9 Å². The van der Waals surface area contributed by atoms with Gasteiger partial charge in [0.25, 0.3) is 0 Å². The van der Waals surface area contributed by atoms with Crippen LogP contribution < -0.4 is 10.1 Å². The lowest BCUT2D eigenvalue weighted by molar-refractivity contribution is -0.116. The minimum atomic E-state index is -0.282. The summed E-state index contributed by atoms with van der Waals surface area (Å²) in [6.07, 6.45) is 0.288. The molecule has 0 saturated carbocycles. The molecule has 1 atom stereocenters. The Hall–Kier alpha value is -4.04. The summed E-state index contributed by atoms with van der Waals surface area (Å²) in [5.41, 5.74) is 4.47. The highest BCUT2D eigenvalue weighted by atomic mass is 32.1. The predicted octanol–water partition coefficient (Wildman–Crippen LogP) is 5.98. The van der Waals surface area contributed by atoms with Crippen molar-refractivity contribution in [3.63, 3.8) is 0 Å². The van der Waals surface area contributed by atoms with Crippen molar-refractivity contribution >= 4 is 33.3 Å². The van der Waals surface area contributed by atoms with E-state index in [1.54, 1.807) is 16.8 Å². The summed E-state index contributed by atoms with van der Waals surface area (Å²) in [6, 6.07) is 21.9. The van der Waals surface area contributed by atoms with Crippen LogP contribution in [0.3, 0.4) is 0 Å². The summed E-state index contributed by atoms with van der Waals surface area (Å²) in [7, 11) is 0. The van der Waals surface area contributed by atoms with Crippen LogP contribution in [0.5, 0.6) is 5.75 Å². The molecule has 1 aliphatic heterocycles. The van der Waals surface area contributed by atoms with E-state index in [0.29, 0.717) is 23.3 Å². The number of benzene rings is 3. The monoisotopic (exact) mass is 484 g/mol. The predicted molar refractivity (Wildman–Crippen MR) is 134 cm³/mol. The van der Waals surface area contributed by atoms with E-state index in [9.17, 15) is 9.18 Å². The average Bonchev–Trinajstić information content (AvgIpc) is 3.44. The van der Waals surface area contributed by atoms with Crippen molar-refractivity contribution in [2.75, 3.05) is 5.32 Å². The van der Waals surface area contributed by atoms with Gasteiger partial charge in [-0.15, -0.1) is 0 Å². The lowest BCUT2D eigenvalue weighted by Gasteiger charge is -2.25. The van der Waals surface area contributed by atoms with Crippen molar-refractivity contribution in [3.05, 3.63) is 101 Å². The number of thiazole rings is 1. The Kier molecular flexibility index (Phi) is 5.30. The summed E-state index contributed by atoms with van der Waals surface area (Å²) in [4.78, 5) is 17.6. The van der Waals surface area contributed by atoms with Gasteiger partial charge in [0.15, 0.2) is 0 Å². The highest BCUT2D eigenvalue weighted by Crippen LogP contribution is 2.43. The number of para-hydroxylation sites is 2. The van der Waals surface area contributed by atoms with E-state index in [1.165, 1.54) is 23.5 Å². The van der Waals surface area contributed by atoms with Crippen LogP contribution in [-0.4, -0.2) is 20.7 Å². The Labute approximate surface area is 205 Å². The number of aromatic nitrogens is 3. The second-order valence-electron chi connectivity index (χ2n) is 8.48. The quantitative estimate of drug-likeness (QED) is 0.333. The van der Waals surface area contributed by atoms with Gasteiger partial charge in [-0.2, -0.15) is 9.78 Å². The summed E-state index contributed by atoms with van der Waals surface area (Å²) >= 11 is 1.53. The fourth-order valence-corrected chi connectivity index (χ4v) is 5.47. The van der Waals surface area contributed by atoms with Gasteiger partial charge in [0.2, 0.25) is 11.0 Å². The van der Waals surface area contributed by atoms with Gasteiger partial charge in [-0.25, -0.2) is 9.37 Å². The normalized spacial score (nSPS) is 15.1. The van der Waals surface area contributed by atoms with E-state index in [-0.39, 0.29) is 24.1 Å². The Morgan fingerprint density at radius 3 is 2.69 bits per heavy atom. The molecule has 0 bridgehead atoms. The van der Waals surface area contributed by atoms with Crippen LogP contribution in [0.25, 0.3) is 15.3 Å². The molecule has 8 heteroatoms. The van der Waals surface area contributed by atoms with E-state index >= 15 is 0 Å². The van der Waals surface area contributed by atoms with E-state index < -0.39 is 0 Å². The number of carbonyl (C=O) groups is 1. The van der Waals surface area contributed by atoms with Crippen LogP contribution in [0, 0.1) is 12.7 Å². The van der Waals surface area contributed by atoms with Crippen molar-refractivity contribution in [2.45, 2.75) is 25.9 Å². The molecule has 1 aliphatic rings. The number of fused-ring (bicyclic) bond motifs is 2. The summed E-state index contributed by atoms with van der Waals surface area (Å²) in [6.45, 7) is 2.25. The fourth-order valence-electron chi connectivity index (χ4n) is 4.54. The van der Waals surface area contributed by atoms with Gasteiger partial charge in [0.05, 0.1) is 15.9 Å². The molecule has 5 aromatic rings. The Balaban J connectivity index is 1.39. The van der Waals surface area contributed by atoms with Crippen LogP contribution in [0.1, 0.15) is 34.7 Å². The van der Waals surface area contributed by atoms with E-state index in [2.05, 4.69) is 5.32 Å². The number of halogens is 1. The summed E-state index contributed by atoms with van der Waals surface area (Å²) < 4.78 is 22.2. The van der Waals surface area contributed by atoms with Crippen molar-refractivity contribution in [3.8, 4) is 10.9 Å². The maximum atomic E-state index is 13.3. The van der Waals surface area contributed by atoms with Crippen molar-refractivity contribution in [2.24, 2.45) is 0 Å². The first-order valence-electron chi connectivity index (χ1n) is 11.3. The lowest BCUT2D eigenvalue weighted by atomic mass is 9.85. The molecule has 0 saturated heterocycles. The zero-order valence-corrected chi connectivity index (χ0v) is 19.7. The number of hydrogen-bond donors (Lipinski definition) is 1. The Morgan fingerprint density at radius 2 is 1.86 bits per heavy atom. The zero-order valence-electron chi connectivity index (χ0n) is 18.9. The highest BCUT2D eigenvalue weighted by molar-refractivity contribution is 7.20.